The Bertz CT molecular complexity index is 451. The Kier molecular flexibility index (Phi) is 2.03. The fourth-order valence-corrected chi connectivity index (χ4v) is 3.76. The van der Waals surface area contributed by atoms with E-state index in [0.717, 1.165) is 11.3 Å². The van der Waals surface area contributed by atoms with Gasteiger partial charge in [-0.05, 0) is 25.5 Å². The van der Waals surface area contributed by atoms with E-state index in [2.05, 4.69) is 0 Å². The van der Waals surface area contributed by atoms with Crippen LogP contribution in [0.15, 0.2) is 24.3 Å². The minimum Gasteiger partial charge on any atom is -0.267 e. The van der Waals surface area contributed by atoms with E-state index in [9.17, 15) is 8.42 Å². The van der Waals surface area contributed by atoms with Crippen molar-refractivity contribution < 1.29 is 8.42 Å². The van der Waals surface area contributed by atoms with Crippen molar-refractivity contribution in [2.75, 3.05) is 4.31 Å². The molecular formula is C10H13NO2S. The minimum atomic E-state index is -3.11. The zero-order valence-electron chi connectivity index (χ0n) is 8.27. The van der Waals surface area contributed by atoms with Gasteiger partial charge < -0.3 is 0 Å². The van der Waals surface area contributed by atoms with Crippen LogP contribution >= 0.6 is 0 Å². The van der Waals surface area contributed by atoms with Crippen LogP contribution in [0, 0.1) is 0 Å². The van der Waals surface area contributed by atoms with E-state index in [4.69, 9.17) is 0 Å². The highest BCUT2D eigenvalue weighted by Crippen LogP contribution is 2.34. The number of rotatable bonds is 1. The molecule has 0 spiro atoms. The van der Waals surface area contributed by atoms with E-state index < -0.39 is 10.0 Å². The van der Waals surface area contributed by atoms with Crippen molar-refractivity contribution in [3.8, 4) is 0 Å². The summed E-state index contributed by atoms with van der Waals surface area (Å²) in [4.78, 5) is 0. The van der Waals surface area contributed by atoms with Gasteiger partial charge in [-0.1, -0.05) is 18.2 Å². The molecule has 3 nitrogen and oxygen atoms in total. The van der Waals surface area contributed by atoms with Gasteiger partial charge in [-0.2, -0.15) is 0 Å². The molecule has 0 atom stereocenters. The molecule has 1 aromatic carbocycles. The third kappa shape index (κ3) is 1.30. The first-order chi connectivity index (χ1) is 6.52. The van der Waals surface area contributed by atoms with Gasteiger partial charge in [0.2, 0.25) is 10.0 Å². The average molecular weight is 211 g/mol. The van der Waals surface area contributed by atoms with E-state index in [1.165, 1.54) is 4.31 Å². The lowest BCUT2D eigenvalue weighted by molar-refractivity contribution is 0.588. The Morgan fingerprint density at radius 1 is 1.29 bits per heavy atom. The van der Waals surface area contributed by atoms with Crippen LogP contribution in [0.25, 0.3) is 0 Å². The summed E-state index contributed by atoms with van der Waals surface area (Å²) in [6.45, 7) is 3.78. The molecule has 0 saturated carbocycles. The molecule has 0 aromatic heterocycles. The number of hydrogen-bond acceptors (Lipinski definition) is 2. The number of hydrogen-bond donors (Lipinski definition) is 0. The molecule has 4 heteroatoms. The molecule has 1 aliphatic rings. The number of nitrogens with zero attached hydrogens (tertiary/aromatic N) is 1. The standard InChI is InChI=1S/C10H13NO2S/c1-8(2)11-10-6-4-3-5-9(10)7-14(11,12)13/h3-6,8H,7H2,1-2H3. The summed E-state index contributed by atoms with van der Waals surface area (Å²) in [5.41, 5.74) is 1.74. The average Bonchev–Trinajstić information content (AvgIpc) is 2.33. The van der Waals surface area contributed by atoms with Crippen molar-refractivity contribution in [1.29, 1.82) is 0 Å². The fourth-order valence-electron chi connectivity index (χ4n) is 1.86. The second kappa shape index (κ2) is 2.98. The van der Waals surface area contributed by atoms with E-state index in [-0.39, 0.29) is 11.8 Å². The lowest BCUT2D eigenvalue weighted by Gasteiger charge is -2.22. The molecule has 76 valence electrons. The first-order valence-corrected chi connectivity index (χ1v) is 6.23. The Morgan fingerprint density at radius 3 is 2.57 bits per heavy atom. The summed E-state index contributed by atoms with van der Waals surface area (Å²) in [5.74, 6) is 0.140. The minimum absolute atomic E-state index is 0.0105. The molecule has 1 aromatic rings. The molecule has 0 aliphatic carbocycles. The Balaban J connectivity index is 2.59. The predicted octanol–water partition coefficient (Wildman–Crippen LogP) is 1.74. The smallest absolute Gasteiger partial charge is 0.239 e. The highest BCUT2D eigenvalue weighted by molar-refractivity contribution is 7.92. The number of sulfonamides is 1. The van der Waals surface area contributed by atoms with Gasteiger partial charge in [-0.3, -0.25) is 4.31 Å². The zero-order chi connectivity index (χ0) is 10.3. The second-order valence-electron chi connectivity index (χ2n) is 3.77. The fraction of sp³-hybridized carbons (Fsp3) is 0.400. The van der Waals surface area contributed by atoms with Gasteiger partial charge >= 0.3 is 0 Å². The third-order valence-corrected chi connectivity index (χ3v) is 4.23. The molecule has 0 fully saturated rings. The number of fused-ring (bicyclic) bond motifs is 1. The maximum absolute atomic E-state index is 11.8. The summed E-state index contributed by atoms with van der Waals surface area (Å²) in [7, 11) is -3.11. The Morgan fingerprint density at radius 2 is 1.93 bits per heavy atom. The lowest BCUT2D eigenvalue weighted by atomic mass is 10.2. The van der Waals surface area contributed by atoms with Gasteiger partial charge in [0.25, 0.3) is 0 Å². The van der Waals surface area contributed by atoms with Crippen molar-refractivity contribution in [1.82, 2.24) is 0 Å². The van der Waals surface area contributed by atoms with Crippen molar-refractivity contribution in [3.63, 3.8) is 0 Å². The number of anilines is 1. The topological polar surface area (TPSA) is 37.4 Å². The largest absolute Gasteiger partial charge is 0.267 e. The van der Waals surface area contributed by atoms with Crippen LogP contribution in [-0.2, 0) is 15.8 Å². The molecule has 0 unspecified atom stereocenters. The first-order valence-electron chi connectivity index (χ1n) is 4.62. The van der Waals surface area contributed by atoms with Gasteiger partial charge in [0.15, 0.2) is 0 Å². The molecule has 0 saturated heterocycles. The van der Waals surface area contributed by atoms with E-state index in [0.29, 0.717) is 0 Å². The molecular weight excluding hydrogens is 198 g/mol. The van der Waals surface area contributed by atoms with E-state index in [1.807, 2.05) is 38.1 Å². The quantitative estimate of drug-likeness (QED) is 0.709. The second-order valence-corrected chi connectivity index (χ2v) is 5.62. The number of para-hydroxylation sites is 1. The van der Waals surface area contributed by atoms with Gasteiger partial charge in [0.1, 0.15) is 0 Å². The van der Waals surface area contributed by atoms with Crippen molar-refractivity contribution in [2.45, 2.75) is 25.6 Å². The van der Waals surface area contributed by atoms with Crippen LogP contribution in [0.3, 0.4) is 0 Å². The lowest BCUT2D eigenvalue weighted by Crippen LogP contribution is -2.33. The highest BCUT2D eigenvalue weighted by atomic mass is 32.2. The first kappa shape index (κ1) is 9.52. The van der Waals surface area contributed by atoms with Crippen LogP contribution in [-0.4, -0.2) is 14.5 Å². The van der Waals surface area contributed by atoms with Crippen molar-refractivity contribution >= 4 is 15.7 Å². The van der Waals surface area contributed by atoms with E-state index in [1.54, 1.807) is 0 Å². The van der Waals surface area contributed by atoms with Gasteiger partial charge in [-0.25, -0.2) is 8.42 Å². The van der Waals surface area contributed by atoms with Crippen molar-refractivity contribution in [3.05, 3.63) is 29.8 Å². The predicted molar refractivity (Wildman–Crippen MR) is 56.7 cm³/mol. The summed E-state index contributed by atoms with van der Waals surface area (Å²) in [5, 5.41) is 0. The zero-order valence-corrected chi connectivity index (χ0v) is 9.08. The van der Waals surface area contributed by atoms with Gasteiger partial charge in [0, 0.05) is 6.04 Å². The summed E-state index contributed by atoms with van der Waals surface area (Å²) < 4.78 is 25.1. The molecule has 0 N–H and O–H groups in total. The van der Waals surface area contributed by atoms with Crippen LogP contribution < -0.4 is 4.31 Å². The molecule has 1 heterocycles. The monoisotopic (exact) mass is 211 g/mol. The molecule has 14 heavy (non-hydrogen) atoms. The van der Waals surface area contributed by atoms with Crippen LogP contribution in [0.2, 0.25) is 0 Å². The molecule has 1 aliphatic heterocycles. The third-order valence-electron chi connectivity index (χ3n) is 2.34. The number of benzene rings is 1. The van der Waals surface area contributed by atoms with Gasteiger partial charge in [-0.15, -0.1) is 0 Å². The maximum atomic E-state index is 11.8. The summed E-state index contributed by atoms with van der Waals surface area (Å²) in [6, 6.07) is 7.46. The summed E-state index contributed by atoms with van der Waals surface area (Å²) >= 11 is 0. The maximum Gasteiger partial charge on any atom is 0.239 e. The van der Waals surface area contributed by atoms with Crippen LogP contribution in [0.1, 0.15) is 19.4 Å². The molecule has 0 bridgehead atoms. The van der Waals surface area contributed by atoms with E-state index >= 15 is 0 Å². The van der Waals surface area contributed by atoms with Crippen LogP contribution in [0.4, 0.5) is 5.69 Å². The Labute approximate surface area is 84.4 Å². The summed E-state index contributed by atoms with van der Waals surface area (Å²) in [6.07, 6.45) is 0. The Hall–Kier alpha value is -1.03. The molecule has 2 rings (SSSR count). The SMILES string of the molecule is CC(C)N1c2ccccc2CS1(=O)=O. The van der Waals surface area contributed by atoms with Crippen molar-refractivity contribution in [2.24, 2.45) is 0 Å². The molecule has 0 amide bonds. The van der Waals surface area contributed by atoms with Crippen LogP contribution in [0.5, 0.6) is 0 Å². The molecule has 0 radical (unpaired) electrons. The highest BCUT2D eigenvalue weighted by Gasteiger charge is 2.34. The normalized spacial score (nSPS) is 18.6. The van der Waals surface area contributed by atoms with Gasteiger partial charge in [0.05, 0.1) is 11.4 Å².